The molecule has 0 spiro atoms. The predicted octanol–water partition coefficient (Wildman–Crippen LogP) is 2.88. The summed E-state index contributed by atoms with van der Waals surface area (Å²) in [6, 6.07) is 10.5. The summed E-state index contributed by atoms with van der Waals surface area (Å²) in [6.45, 7) is 2.21. The third kappa shape index (κ3) is 9.84. The van der Waals surface area contributed by atoms with Gasteiger partial charge in [-0.15, -0.1) is 5.75 Å². The first-order valence-electron chi connectivity index (χ1n) is 10.5. The quantitative estimate of drug-likeness (QED) is 0.293. The molecule has 2 aromatic carbocycles. The molecule has 2 aromatic rings. The molecule has 0 heterocycles. The largest absolute Gasteiger partial charge is 1.00 e. The van der Waals surface area contributed by atoms with Crippen molar-refractivity contribution in [2.75, 3.05) is 0 Å². The van der Waals surface area contributed by atoms with Gasteiger partial charge in [-0.1, -0.05) is 70.4 Å². The monoisotopic (exact) mass is 442 g/mol. The summed E-state index contributed by atoms with van der Waals surface area (Å²) in [7, 11) is -4.29. The van der Waals surface area contributed by atoms with E-state index in [9.17, 15) is 18.1 Å². The summed E-state index contributed by atoms with van der Waals surface area (Å²) >= 11 is 0. The van der Waals surface area contributed by atoms with Crippen LogP contribution in [0.5, 0.6) is 17.2 Å². The third-order valence-corrected chi connectivity index (χ3v) is 5.87. The Hall–Kier alpha value is -1.05. The Morgan fingerprint density at radius 2 is 1.37 bits per heavy atom. The Kier molecular flexibility index (Phi) is 12.7. The number of ether oxygens (including phenoxy) is 1. The van der Waals surface area contributed by atoms with E-state index in [1.807, 2.05) is 0 Å². The van der Waals surface area contributed by atoms with Crippen molar-refractivity contribution in [3.63, 3.8) is 0 Å². The van der Waals surface area contributed by atoms with Crippen LogP contribution in [0.2, 0.25) is 0 Å². The molecule has 0 aliphatic carbocycles. The Bertz CT molecular complexity index is 850. The van der Waals surface area contributed by atoms with Crippen LogP contribution in [0.15, 0.2) is 47.4 Å². The Balaban J connectivity index is 0.00000450. The first kappa shape index (κ1) is 27.0. The number of unbranched alkanes of at least 4 members (excludes halogenated alkanes) is 8. The van der Waals surface area contributed by atoms with Gasteiger partial charge in [0, 0.05) is 0 Å². The Labute approximate surface area is 202 Å². The first-order chi connectivity index (χ1) is 13.9. The Morgan fingerprint density at radius 1 is 0.833 bits per heavy atom. The second-order valence-corrected chi connectivity index (χ2v) is 8.79. The minimum absolute atomic E-state index is 0. The molecule has 0 bridgehead atoms. The van der Waals surface area contributed by atoms with Crippen LogP contribution >= 0.6 is 0 Å². The van der Waals surface area contributed by atoms with Gasteiger partial charge in [-0.2, -0.15) is 8.42 Å². The Morgan fingerprint density at radius 3 is 1.93 bits per heavy atom. The van der Waals surface area contributed by atoms with Crippen LogP contribution in [-0.2, 0) is 16.5 Å². The molecule has 0 atom stereocenters. The SMILES string of the molecule is CCCCCCCCCCCc1cc(Oc2ccc([O-])cc2)ccc1S(=O)(=O)O.[Na+]. The van der Waals surface area contributed by atoms with E-state index >= 15 is 0 Å². The molecular weight excluding hydrogens is 411 g/mol. The van der Waals surface area contributed by atoms with Gasteiger partial charge >= 0.3 is 29.6 Å². The molecule has 30 heavy (non-hydrogen) atoms. The van der Waals surface area contributed by atoms with Gasteiger partial charge in [-0.25, -0.2) is 0 Å². The molecular formula is C23H31NaO5S. The zero-order chi connectivity index (χ0) is 21.1. The van der Waals surface area contributed by atoms with Gasteiger partial charge in [0.15, 0.2) is 0 Å². The van der Waals surface area contributed by atoms with Crippen LogP contribution < -0.4 is 39.4 Å². The van der Waals surface area contributed by atoms with Gasteiger partial charge in [-0.3, -0.25) is 4.55 Å². The van der Waals surface area contributed by atoms with E-state index in [4.69, 9.17) is 4.74 Å². The molecule has 1 N–H and O–H groups in total. The zero-order valence-electron chi connectivity index (χ0n) is 18.1. The number of aryl methyl sites for hydroxylation is 1. The van der Waals surface area contributed by atoms with Crippen LogP contribution in [0.4, 0.5) is 0 Å². The predicted molar refractivity (Wildman–Crippen MR) is 113 cm³/mol. The molecule has 0 saturated heterocycles. The minimum atomic E-state index is -4.29. The first-order valence-corrected chi connectivity index (χ1v) is 11.9. The van der Waals surface area contributed by atoms with Crippen molar-refractivity contribution < 1.29 is 52.4 Å². The molecule has 7 heteroatoms. The maximum absolute atomic E-state index is 11.7. The molecule has 0 aromatic heterocycles. The molecule has 0 aliphatic heterocycles. The van der Waals surface area contributed by atoms with Crippen LogP contribution in [-0.4, -0.2) is 13.0 Å². The second-order valence-electron chi connectivity index (χ2n) is 7.40. The summed E-state index contributed by atoms with van der Waals surface area (Å²) in [6.07, 6.45) is 11.2. The van der Waals surface area contributed by atoms with Crippen LogP contribution in [0.3, 0.4) is 0 Å². The van der Waals surface area contributed by atoms with E-state index in [0.29, 0.717) is 23.5 Å². The average Bonchev–Trinajstić information content (AvgIpc) is 2.68. The van der Waals surface area contributed by atoms with Gasteiger partial charge in [0.2, 0.25) is 0 Å². The number of hydrogen-bond donors (Lipinski definition) is 1. The zero-order valence-corrected chi connectivity index (χ0v) is 20.9. The van der Waals surface area contributed by atoms with Gasteiger partial charge in [0.1, 0.15) is 11.5 Å². The fourth-order valence-electron chi connectivity index (χ4n) is 3.34. The molecule has 0 fully saturated rings. The third-order valence-electron chi connectivity index (χ3n) is 4.92. The molecule has 2 rings (SSSR count). The maximum atomic E-state index is 11.7. The van der Waals surface area contributed by atoms with E-state index in [-0.39, 0.29) is 40.2 Å². The fraction of sp³-hybridized carbons (Fsp3) is 0.478. The number of benzene rings is 2. The summed E-state index contributed by atoms with van der Waals surface area (Å²) in [4.78, 5) is -0.0701. The van der Waals surface area contributed by atoms with Crippen molar-refractivity contribution in [2.45, 2.75) is 76.0 Å². The van der Waals surface area contributed by atoms with Gasteiger partial charge in [0.25, 0.3) is 10.1 Å². The molecule has 0 radical (unpaired) electrons. The van der Waals surface area contributed by atoms with E-state index in [1.165, 1.54) is 62.8 Å². The summed E-state index contributed by atoms with van der Waals surface area (Å²) in [5, 5.41) is 11.2. The van der Waals surface area contributed by atoms with Crippen molar-refractivity contribution in [1.82, 2.24) is 0 Å². The summed E-state index contributed by atoms with van der Waals surface area (Å²) in [5.74, 6) is 0.866. The van der Waals surface area contributed by atoms with E-state index in [2.05, 4.69) is 6.92 Å². The molecule has 0 unspecified atom stereocenters. The molecule has 0 aliphatic rings. The van der Waals surface area contributed by atoms with E-state index in [0.717, 1.165) is 19.3 Å². The maximum Gasteiger partial charge on any atom is 1.00 e. The average molecular weight is 443 g/mol. The van der Waals surface area contributed by atoms with Gasteiger partial charge < -0.3 is 9.84 Å². The normalized spacial score (nSPS) is 11.1. The van der Waals surface area contributed by atoms with E-state index in [1.54, 1.807) is 18.2 Å². The number of hydrogen-bond acceptors (Lipinski definition) is 4. The van der Waals surface area contributed by atoms with Crippen molar-refractivity contribution in [3.05, 3.63) is 48.0 Å². The van der Waals surface area contributed by atoms with Crippen LogP contribution in [0.1, 0.15) is 70.3 Å². The van der Waals surface area contributed by atoms with Gasteiger partial charge in [-0.05, 0) is 48.7 Å². The van der Waals surface area contributed by atoms with Crippen LogP contribution in [0.25, 0.3) is 0 Å². The molecule has 0 amide bonds. The van der Waals surface area contributed by atoms with Gasteiger partial charge in [0.05, 0.1) is 4.90 Å². The topological polar surface area (TPSA) is 86.7 Å². The molecule has 0 saturated carbocycles. The molecule has 160 valence electrons. The van der Waals surface area contributed by atoms with Crippen molar-refractivity contribution in [1.29, 1.82) is 0 Å². The van der Waals surface area contributed by atoms with Crippen LogP contribution in [0, 0.1) is 0 Å². The second kappa shape index (κ2) is 14.1. The van der Waals surface area contributed by atoms with Crippen molar-refractivity contribution >= 4 is 10.1 Å². The standard InChI is InChI=1S/C23H32O5S.Na/c1-2-3-4-5-6-7-8-9-10-11-19-18-22(16-17-23(19)29(25,26)27)28-21-14-12-20(24)13-15-21;/h12-18,24H,2-11H2,1H3,(H,25,26,27);/q;+1/p-1. The van der Waals surface area contributed by atoms with Crippen molar-refractivity contribution in [3.8, 4) is 17.2 Å². The summed E-state index contributed by atoms with van der Waals surface area (Å²) < 4.78 is 38.6. The van der Waals surface area contributed by atoms with Crippen molar-refractivity contribution in [2.24, 2.45) is 0 Å². The van der Waals surface area contributed by atoms with E-state index < -0.39 is 10.1 Å². The molecule has 5 nitrogen and oxygen atoms in total. The smallest absolute Gasteiger partial charge is 0.872 e. The minimum Gasteiger partial charge on any atom is -0.872 e. The number of rotatable bonds is 13. The fourth-order valence-corrected chi connectivity index (χ4v) is 4.07. The summed E-state index contributed by atoms with van der Waals surface area (Å²) in [5.41, 5.74) is 0.549.